The molecule has 1 fully saturated rings. The lowest BCUT2D eigenvalue weighted by Gasteiger charge is -2.23. The SMILES string of the molecule is O=C1C(=O)N(c2nnc(SCc3ccccc3Cl)s2)[C@H](c2cccc(OCc3ccccc3)c2)C1=C(O)c1ccc2c(c1)OCCO2. The van der Waals surface area contributed by atoms with E-state index in [4.69, 9.17) is 25.8 Å². The van der Waals surface area contributed by atoms with E-state index in [1.54, 1.807) is 42.5 Å². The van der Waals surface area contributed by atoms with E-state index >= 15 is 0 Å². The van der Waals surface area contributed by atoms with Crippen LogP contribution in [-0.2, 0) is 21.9 Å². The molecule has 0 bridgehead atoms. The number of fused-ring (bicyclic) bond motifs is 1. The van der Waals surface area contributed by atoms with E-state index < -0.39 is 17.7 Å². The number of ketones is 1. The highest BCUT2D eigenvalue weighted by atomic mass is 35.5. The molecule has 1 aromatic heterocycles. The van der Waals surface area contributed by atoms with Gasteiger partial charge in [0.15, 0.2) is 15.8 Å². The lowest BCUT2D eigenvalue weighted by Crippen LogP contribution is -2.29. The monoisotopic (exact) mass is 683 g/mol. The predicted molar refractivity (Wildman–Crippen MR) is 180 cm³/mol. The molecular weight excluding hydrogens is 658 g/mol. The van der Waals surface area contributed by atoms with Gasteiger partial charge < -0.3 is 19.3 Å². The van der Waals surface area contributed by atoms with Gasteiger partial charge in [-0.15, -0.1) is 10.2 Å². The number of hydrogen-bond acceptors (Lipinski definition) is 10. The van der Waals surface area contributed by atoms with E-state index in [0.717, 1.165) is 11.1 Å². The summed E-state index contributed by atoms with van der Waals surface area (Å²) in [6, 6.07) is 28.3. The Balaban J connectivity index is 1.26. The van der Waals surface area contributed by atoms with Gasteiger partial charge in [-0.1, -0.05) is 95.4 Å². The van der Waals surface area contributed by atoms with Crippen molar-refractivity contribution in [3.05, 3.63) is 130 Å². The number of Topliss-reactive ketones (excluding diaryl/α,β-unsaturated/α-hetero) is 1. The Morgan fingerprint density at radius 1 is 0.936 bits per heavy atom. The van der Waals surface area contributed by atoms with Gasteiger partial charge in [-0.2, -0.15) is 0 Å². The summed E-state index contributed by atoms with van der Waals surface area (Å²) in [4.78, 5) is 28.8. The van der Waals surface area contributed by atoms with Crippen LogP contribution in [0.4, 0.5) is 5.13 Å². The molecule has 236 valence electrons. The fourth-order valence-electron chi connectivity index (χ4n) is 5.32. The van der Waals surface area contributed by atoms with Crippen LogP contribution in [-0.4, -0.2) is 40.2 Å². The summed E-state index contributed by atoms with van der Waals surface area (Å²) in [6.45, 7) is 1.09. The first-order valence-electron chi connectivity index (χ1n) is 14.6. The highest BCUT2D eigenvalue weighted by Crippen LogP contribution is 2.45. The number of rotatable bonds is 9. The van der Waals surface area contributed by atoms with Crippen LogP contribution in [0.3, 0.4) is 0 Å². The number of aromatic nitrogens is 2. The van der Waals surface area contributed by atoms with Crippen molar-refractivity contribution < 1.29 is 28.9 Å². The van der Waals surface area contributed by atoms with E-state index in [1.165, 1.54) is 28.0 Å². The average molecular weight is 684 g/mol. The average Bonchev–Trinajstić information content (AvgIpc) is 3.68. The Morgan fingerprint density at radius 3 is 2.55 bits per heavy atom. The van der Waals surface area contributed by atoms with Gasteiger partial charge in [0.25, 0.3) is 5.78 Å². The number of thioether (sulfide) groups is 1. The van der Waals surface area contributed by atoms with Gasteiger partial charge in [0, 0.05) is 16.3 Å². The normalized spacial score (nSPS) is 16.8. The third-order valence-corrected chi connectivity index (χ3v) is 10.1. The van der Waals surface area contributed by atoms with Crippen LogP contribution in [0, 0.1) is 0 Å². The largest absolute Gasteiger partial charge is 0.507 e. The number of hydrogen-bond donors (Lipinski definition) is 1. The third-order valence-electron chi connectivity index (χ3n) is 7.59. The number of aliphatic hydroxyl groups excluding tert-OH is 1. The second kappa shape index (κ2) is 13.5. The van der Waals surface area contributed by atoms with Crippen LogP contribution >= 0.6 is 34.7 Å². The van der Waals surface area contributed by atoms with Gasteiger partial charge in [-0.3, -0.25) is 14.5 Å². The molecule has 0 saturated carbocycles. The number of benzene rings is 4. The van der Waals surface area contributed by atoms with Crippen molar-refractivity contribution >= 4 is 57.3 Å². The van der Waals surface area contributed by atoms with Crippen molar-refractivity contribution in [3.63, 3.8) is 0 Å². The zero-order valence-electron chi connectivity index (χ0n) is 24.7. The predicted octanol–water partition coefficient (Wildman–Crippen LogP) is 7.46. The van der Waals surface area contributed by atoms with Crippen LogP contribution in [0.5, 0.6) is 17.2 Å². The lowest BCUT2D eigenvalue weighted by atomic mass is 9.95. The van der Waals surface area contributed by atoms with Gasteiger partial charge in [0.05, 0.1) is 11.6 Å². The third kappa shape index (κ3) is 6.42. The van der Waals surface area contributed by atoms with Gasteiger partial charge in [0.2, 0.25) is 5.13 Å². The maximum Gasteiger partial charge on any atom is 0.301 e. The van der Waals surface area contributed by atoms with Crippen LogP contribution < -0.4 is 19.1 Å². The standard InChI is InChI=1S/C35H26ClN3O6S2/c36-26-12-5-4-9-24(26)20-46-35-38-37-34(47-35)39-30(22-10-6-11-25(17-22)45-19-21-7-2-1-3-8-21)29(32(41)33(39)42)31(40)23-13-14-27-28(18-23)44-16-15-43-27/h1-14,17-18,30,40H,15-16,19-20H2/t30-/m1/s1. The molecule has 3 heterocycles. The number of aliphatic hydroxyl groups is 1. The maximum absolute atomic E-state index is 13.8. The van der Waals surface area contributed by atoms with Crippen molar-refractivity contribution in [2.75, 3.05) is 18.1 Å². The number of carbonyl (C=O) groups is 2. The van der Waals surface area contributed by atoms with E-state index in [1.807, 2.05) is 54.6 Å². The van der Waals surface area contributed by atoms with E-state index in [0.29, 0.717) is 63.3 Å². The van der Waals surface area contributed by atoms with Crippen molar-refractivity contribution in [3.8, 4) is 17.2 Å². The Kier molecular flexibility index (Phi) is 8.84. The summed E-state index contributed by atoms with van der Waals surface area (Å²) in [5, 5.41) is 21.1. The smallest absolute Gasteiger partial charge is 0.301 e. The summed E-state index contributed by atoms with van der Waals surface area (Å²) >= 11 is 8.94. The molecule has 1 amide bonds. The Hall–Kier alpha value is -4.84. The first-order valence-corrected chi connectivity index (χ1v) is 16.8. The van der Waals surface area contributed by atoms with Crippen LogP contribution in [0.25, 0.3) is 5.76 Å². The van der Waals surface area contributed by atoms with Crippen LogP contribution in [0.2, 0.25) is 5.02 Å². The minimum Gasteiger partial charge on any atom is -0.507 e. The minimum absolute atomic E-state index is 0.0904. The first kappa shape index (κ1) is 30.8. The zero-order chi connectivity index (χ0) is 32.3. The van der Waals surface area contributed by atoms with Crippen molar-refractivity contribution in [1.82, 2.24) is 10.2 Å². The molecule has 2 aliphatic heterocycles. The quantitative estimate of drug-likeness (QED) is 0.0556. The highest BCUT2D eigenvalue weighted by Gasteiger charge is 2.48. The summed E-state index contributed by atoms with van der Waals surface area (Å²) in [7, 11) is 0. The highest BCUT2D eigenvalue weighted by molar-refractivity contribution is 8.00. The molecule has 1 saturated heterocycles. The number of ether oxygens (including phenoxy) is 3. The second-order valence-electron chi connectivity index (χ2n) is 10.6. The molecule has 0 radical (unpaired) electrons. The zero-order valence-corrected chi connectivity index (χ0v) is 27.1. The van der Waals surface area contributed by atoms with Gasteiger partial charge in [-0.05, 0) is 53.1 Å². The molecule has 12 heteroatoms. The number of nitrogens with zero attached hydrogens (tertiary/aromatic N) is 3. The van der Waals surface area contributed by atoms with Crippen molar-refractivity contribution in [2.45, 2.75) is 22.7 Å². The first-order chi connectivity index (χ1) is 23.0. The summed E-state index contributed by atoms with van der Waals surface area (Å²) in [5.74, 6) is 0.0183. The Bertz CT molecular complexity index is 2000. The number of anilines is 1. The molecular formula is C35H26ClN3O6S2. The molecule has 5 aromatic rings. The second-order valence-corrected chi connectivity index (χ2v) is 13.2. The molecule has 0 aliphatic carbocycles. The topological polar surface area (TPSA) is 111 Å². The molecule has 4 aromatic carbocycles. The van der Waals surface area contributed by atoms with E-state index in [-0.39, 0.29) is 16.5 Å². The van der Waals surface area contributed by atoms with Gasteiger partial charge >= 0.3 is 5.91 Å². The molecule has 1 atom stereocenters. The molecule has 9 nitrogen and oxygen atoms in total. The maximum atomic E-state index is 13.8. The van der Waals surface area contributed by atoms with E-state index in [2.05, 4.69) is 10.2 Å². The van der Waals surface area contributed by atoms with Crippen LogP contribution in [0.1, 0.15) is 28.3 Å². The molecule has 2 aliphatic rings. The van der Waals surface area contributed by atoms with Gasteiger partial charge in [0.1, 0.15) is 31.3 Å². The number of halogens is 1. The minimum atomic E-state index is -1.02. The van der Waals surface area contributed by atoms with Gasteiger partial charge in [-0.25, -0.2) is 0 Å². The molecule has 0 spiro atoms. The summed E-state index contributed by atoms with van der Waals surface area (Å²) in [6.07, 6.45) is 0. The van der Waals surface area contributed by atoms with Crippen molar-refractivity contribution in [1.29, 1.82) is 0 Å². The molecule has 0 unspecified atom stereocenters. The van der Waals surface area contributed by atoms with Crippen LogP contribution in [0.15, 0.2) is 107 Å². The lowest BCUT2D eigenvalue weighted by molar-refractivity contribution is -0.132. The number of carbonyl (C=O) groups excluding carboxylic acids is 2. The fraction of sp³-hybridized carbons (Fsp3) is 0.143. The molecule has 1 N–H and O–H groups in total. The molecule has 47 heavy (non-hydrogen) atoms. The Morgan fingerprint density at radius 2 is 1.72 bits per heavy atom. The summed E-state index contributed by atoms with van der Waals surface area (Å²) < 4.78 is 18.0. The molecule has 7 rings (SSSR count). The van der Waals surface area contributed by atoms with E-state index in [9.17, 15) is 14.7 Å². The Labute approximate surface area is 283 Å². The fourth-order valence-corrected chi connectivity index (χ4v) is 7.47. The number of amides is 1. The summed E-state index contributed by atoms with van der Waals surface area (Å²) in [5.41, 5.74) is 2.69. The van der Waals surface area contributed by atoms with Crippen molar-refractivity contribution in [2.24, 2.45) is 0 Å².